The van der Waals surface area contributed by atoms with Crippen molar-refractivity contribution in [2.24, 2.45) is 11.3 Å². The minimum absolute atomic E-state index is 0.0476. The second kappa shape index (κ2) is 9.01. The fourth-order valence-corrected chi connectivity index (χ4v) is 3.54. The molecule has 1 saturated carbocycles. The fraction of sp³-hybridized carbons (Fsp3) is 0.650. The molecule has 1 unspecified atom stereocenters. The van der Waals surface area contributed by atoms with Crippen molar-refractivity contribution in [2.75, 3.05) is 0 Å². The van der Waals surface area contributed by atoms with E-state index in [9.17, 15) is 14.9 Å². The van der Waals surface area contributed by atoms with Crippen molar-refractivity contribution in [3.8, 4) is 5.75 Å². The summed E-state index contributed by atoms with van der Waals surface area (Å²) in [5.41, 5.74) is 0.00101. The van der Waals surface area contributed by atoms with Crippen molar-refractivity contribution < 1.29 is 19.2 Å². The van der Waals surface area contributed by atoms with Crippen molar-refractivity contribution in [2.45, 2.75) is 71.8 Å². The van der Waals surface area contributed by atoms with E-state index in [4.69, 9.17) is 9.47 Å². The van der Waals surface area contributed by atoms with Crippen LogP contribution in [0.2, 0.25) is 0 Å². The number of rotatable bonds is 6. The predicted molar refractivity (Wildman–Crippen MR) is 99.3 cm³/mol. The van der Waals surface area contributed by atoms with Gasteiger partial charge in [-0.15, -0.1) is 0 Å². The maximum Gasteiger partial charge on any atom is 0.514 e. The van der Waals surface area contributed by atoms with Gasteiger partial charge in [0.25, 0.3) is 5.69 Å². The SMILES string of the molecule is CC(C)(C)CC(CC1CCCCC1)OC(=O)Oc1ccc([N+](=O)[O-])cc1. The summed E-state index contributed by atoms with van der Waals surface area (Å²) in [5.74, 6) is 0.844. The molecule has 2 rings (SSSR count). The first-order valence-corrected chi connectivity index (χ1v) is 9.36. The Labute approximate surface area is 155 Å². The van der Waals surface area contributed by atoms with E-state index in [1.807, 2.05) is 0 Å². The first-order chi connectivity index (χ1) is 12.2. The molecule has 1 atom stereocenters. The second-order valence-corrected chi connectivity index (χ2v) is 8.35. The van der Waals surface area contributed by atoms with Crippen molar-refractivity contribution >= 4 is 11.8 Å². The highest BCUT2D eigenvalue weighted by atomic mass is 16.7. The molecule has 1 aromatic rings. The molecule has 1 aliphatic carbocycles. The largest absolute Gasteiger partial charge is 0.514 e. The third-order valence-corrected chi connectivity index (χ3v) is 4.67. The zero-order chi connectivity index (χ0) is 19.2. The Balaban J connectivity index is 1.94. The number of carbonyl (C=O) groups is 1. The van der Waals surface area contributed by atoms with Crippen LogP contribution in [0.25, 0.3) is 0 Å². The van der Waals surface area contributed by atoms with Crippen molar-refractivity contribution in [1.82, 2.24) is 0 Å². The molecule has 0 heterocycles. The highest BCUT2D eigenvalue weighted by Crippen LogP contribution is 2.32. The molecule has 6 nitrogen and oxygen atoms in total. The average Bonchev–Trinajstić information content (AvgIpc) is 2.54. The molecule has 0 aliphatic heterocycles. The number of nitro groups is 1. The number of hydrogen-bond donors (Lipinski definition) is 0. The zero-order valence-electron chi connectivity index (χ0n) is 15.9. The van der Waals surface area contributed by atoms with Crippen LogP contribution in [-0.2, 0) is 4.74 Å². The first-order valence-electron chi connectivity index (χ1n) is 9.36. The van der Waals surface area contributed by atoms with Crippen LogP contribution in [0.1, 0.15) is 65.7 Å². The van der Waals surface area contributed by atoms with E-state index in [1.165, 1.54) is 56.4 Å². The standard InChI is InChI=1S/C20H29NO5/c1-20(2,3)14-18(13-15-7-5-4-6-8-15)26-19(22)25-17-11-9-16(10-12-17)21(23)24/h9-12,15,18H,4-8,13-14H2,1-3H3. The lowest BCUT2D eigenvalue weighted by Gasteiger charge is -2.30. The maximum absolute atomic E-state index is 12.2. The van der Waals surface area contributed by atoms with E-state index in [2.05, 4.69) is 20.8 Å². The monoisotopic (exact) mass is 363 g/mol. The summed E-state index contributed by atoms with van der Waals surface area (Å²) in [6.07, 6.45) is 6.91. The van der Waals surface area contributed by atoms with E-state index in [0.29, 0.717) is 5.92 Å². The molecule has 144 valence electrons. The summed E-state index contributed by atoms with van der Waals surface area (Å²) in [6.45, 7) is 6.39. The summed E-state index contributed by atoms with van der Waals surface area (Å²) in [7, 11) is 0. The molecule has 26 heavy (non-hydrogen) atoms. The Morgan fingerprint density at radius 3 is 2.35 bits per heavy atom. The van der Waals surface area contributed by atoms with Gasteiger partial charge in [-0.05, 0) is 36.3 Å². The van der Waals surface area contributed by atoms with Gasteiger partial charge < -0.3 is 9.47 Å². The molecule has 0 radical (unpaired) electrons. The fourth-order valence-electron chi connectivity index (χ4n) is 3.54. The van der Waals surface area contributed by atoms with Crippen LogP contribution in [0.3, 0.4) is 0 Å². The molecule has 1 fully saturated rings. The van der Waals surface area contributed by atoms with Gasteiger partial charge in [-0.3, -0.25) is 10.1 Å². The van der Waals surface area contributed by atoms with Gasteiger partial charge >= 0.3 is 6.16 Å². The van der Waals surface area contributed by atoms with Crippen LogP contribution in [0.15, 0.2) is 24.3 Å². The molecule has 1 aliphatic rings. The molecular formula is C20H29NO5. The summed E-state index contributed by atoms with van der Waals surface area (Å²) < 4.78 is 10.8. The van der Waals surface area contributed by atoms with Gasteiger partial charge in [0.15, 0.2) is 0 Å². The summed E-state index contributed by atoms with van der Waals surface area (Å²) in [4.78, 5) is 22.4. The number of nitrogens with zero attached hydrogens (tertiary/aromatic N) is 1. The van der Waals surface area contributed by atoms with E-state index in [1.54, 1.807) is 0 Å². The Hall–Kier alpha value is -2.11. The van der Waals surface area contributed by atoms with Gasteiger partial charge in [-0.1, -0.05) is 52.9 Å². The molecule has 0 N–H and O–H groups in total. The number of carbonyl (C=O) groups excluding carboxylic acids is 1. The van der Waals surface area contributed by atoms with Crippen LogP contribution in [0.5, 0.6) is 5.75 Å². The number of benzene rings is 1. The lowest BCUT2D eigenvalue weighted by atomic mass is 9.81. The lowest BCUT2D eigenvalue weighted by Crippen LogP contribution is -2.28. The summed E-state index contributed by atoms with van der Waals surface area (Å²) in [6, 6.07) is 5.41. The molecule has 0 amide bonds. The number of hydrogen-bond acceptors (Lipinski definition) is 5. The predicted octanol–water partition coefficient (Wildman–Crippen LogP) is 5.89. The lowest BCUT2D eigenvalue weighted by molar-refractivity contribution is -0.384. The van der Waals surface area contributed by atoms with E-state index in [0.717, 1.165) is 12.8 Å². The van der Waals surface area contributed by atoms with Gasteiger partial charge in [0.1, 0.15) is 11.9 Å². The first kappa shape index (κ1) is 20.2. The van der Waals surface area contributed by atoms with Crippen molar-refractivity contribution in [3.05, 3.63) is 34.4 Å². The quantitative estimate of drug-likeness (QED) is 0.273. The van der Waals surface area contributed by atoms with Crippen molar-refractivity contribution in [3.63, 3.8) is 0 Å². The topological polar surface area (TPSA) is 78.7 Å². The Bertz CT molecular complexity index is 600. The van der Waals surface area contributed by atoms with Crippen LogP contribution in [-0.4, -0.2) is 17.2 Å². The second-order valence-electron chi connectivity index (χ2n) is 8.35. The highest BCUT2D eigenvalue weighted by Gasteiger charge is 2.27. The molecule has 0 aromatic heterocycles. The molecule has 0 spiro atoms. The average molecular weight is 363 g/mol. The van der Waals surface area contributed by atoms with E-state index < -0.39 is 11.1 Å². The highest BCUT2D eigenvalue weighted by molar-refractivity contribution is 5.64. The third kappa shape index (κ3) is 7.02. The van der Waals surface area contributed by atoms with Crippen LogP contribution >= 0.6 is 0 Å². The minimum atomic E-state index is -0.746. The van der Waals surface area contributed by atoms with E-state index >= 15 is 0 Å². The molecule has 0 bridgehead atoms. The van der Waals surface area contributed by atoms with Gasteiger partial charge in [0.2, 0.25) is 0 Å². The smallest absolute Gasteiger partial charge is 0.431 e. The van der Waals surface area contributed by atoms with E-state index in [-0.39, 0.29) is 23.0 Å². The van der Waals surface area contributed by atoms with Gasteiger partial charge in [0.05, 0.1) is 4.92 Å². The number of ether oxygens (including phenoxy) is 2. The van der Waals surface area contributed by atoms with Crippen molar-refractivity contribution in [1.29, 1.82) is 0 Å². The van der Waals surface area contributed by atoms with Gasteiger partial charge in [-0.25, -0.2) is 4.79 Å². The molecular weight excluding hydrogens is 334 g/mol. The molecule has 1 aromatic carbocycles. The van der Waals surface area contributed by atoms with Crippen LogP contribution in [0.4, 0.5) is 10.5 Å². The molecule has 0 saturated heterocycles. The maximum atomic E-state index is 12.2. The Kier molecular flexibility index (Phi) is 7.00. The van der Waals surface area contributed by atoms with Gasteiger partial charge in [-0.2, -0.15) is 0 Å². The Morgan fingerprint density at radius 1 is 1.19 bits per heavy atom. The Morgan fingerprint density at radius 2 is 1.81 bits per heavy atom. The zero-order valence-corrected chi connectivity index (χ0v) is 15.9. The molecule has 6 heteroatoms. The normalized spacial score (nSPS) is 16.7. The summed E-state index contributed by atoms with van der Waals surface area (Å²) >= 11 is 0. The number of non-ortho nitro benzene ring substituents is 1. The minimum Gasteiger partial charge on any atom is -0.431 e. The van der Waals surface area contributed by atoms with Crippen LogP contribution in [0, 0.1) is 21.4 Å². The van der Waals surface area contributed by atoms with Gasteiger partial charge in [0, 0.05) is 12.1 Å². The number of nitro benzene ring substituents is 1. The third-order valence-electron chi connectivity index (χ3n) is 4.67. The van der Waals surface area contributed by atoms with Crippen LogP contribution < -0.4 is 4.74 Å². The summed E-state index contributed by atoms with van der Waals surface area (Å²) in [5, 5.41) is 10.7.